The number of halogens is 2. The van der Waals surface area contributed by atoms with Gasteiger partial charge >= 0.3 is 0 Å². The summed E-state index contributed by atoms with van der Waals surface area (Å²) in [5.74, 6) is 0.0275. The van der Waals surface area contributed by atoms with E-state index in [4.69, 9.17) is 16.3 Å². The topological polar surface area (TPSA) is 58.6 Å². The number of amides is 2. The molecule has 1 atom stereocenters. The second kappa shape index (κ2) is 12.6. The summed E-state index contributed by atoms with van der Waals surface area (Å²) in [5, 5.41) is 3.45. The van der Waals surface area contributed by atoms with Gasteiger partial charge in [0.25, 0.3) is 5.91 Å². The number of nitrogens with one attached hydrogen (secondary N) is 1. The summed E-state index contributed by atoms with van der Waals surface area (Å²) in [6.45, 7) is 4.43. The normalized spacial score (nSPS) is 11.5. The Hall–Kier alpha value is -2.83. The van der Waals surface area contributed by atoms with E-state index >= 15 is 0 Å². The Kier molecular flexibility index (Phi) is 9.54. The van der Waals surface area contributed by atoms with Crippen molar-refractivity contribution in [3.63, 3.8) is 0 Å². The minimum absolute atomic E-state index is 0.195. The summed E-state index contributed by atoms with van der Waals surface area (Å²) in [4.78, 5) is 28.2. The van der Waals surface area contributed by atoms with Crippen molar-refractivity contribution in [1.29, 1.82) is 0 Å². The number of benzene rings is 3. The Morgan fingerprint density at radius 3 is 2.38 bits per heavy atom. The average molecular weight is 544 g/mol. The Bertz CT molecular complexity index is 1110. The highest BCUT2D eigenvalue weighted by Crippen LogP contribution is 2.28. The second-order valence-corrected chi connectivity index (χ2v) is 9.26. The van der Waals surface area contributed by atoms with Crippen LogP contribution in [0.3, 0.4) is 0 Å². The Morgan fingerprint density at radius 1 is 1.03 bits per heavy atom. The minimum Gasteiger partial charge on any atom is -0.483 e. The molecule has 0 aliphatic carbocycles. The van der Waals surface area contributed by atoms with Gasteiger partial charge in [-0.15, -0.1) is 0 Å². The molecule has 0 radical (unpaired) electrons. The standard InChI is InChI=1S/C27H28BrClN2O3/c1-3-30-27(33)24(15-20-7-5-4-6-8-20)31(17-21-11-9-19(2)10-12-21)26(32)18-34-25-14-13-22(29)16-23(25)28/h4-14,16,24H,3,15,17-18H2,1-2H3,(H,30,33)/t24-/m0/s1. The van der Waals surface area contributed by atoms with E-state index in [1.54, 1.807) is 23.1 Å². The first-order valence-electron chi connectivity index (χ1n) is 11.1. The molecule has 0 aliphatic rings. The van der Waals surface area contributed by atoms with Gasteiger partial charge in [0.05, 0.1) is 4.47 Å². The molecule has 0 fully saturated rings. The third-order valence-corrected chi connectivity index (χ3v) is 6.20. The Balaban J connectivity index is 1.89. The van der Waals surface area contributed by atoms with Crippen molar-refractivity contribution in [3.8, 4) is 5.75 Å². The molecule has 0 aliphatic heterocycles. The van der Waals surface area contributed by atoms with E-state index in [1.807, 2.05) is 68.4 Å². The van der Waals surface area contributed by atoms with Crippen LogP contribution in [0.25, 0.3) is 0 Å². The predicted molar refractivity (Wildman–Crippen MR) is 139 cm³/mol. The highest BCUT2D eigenvalue weighted by molar-refractivity contribution is 9.10. The van der Waals surface area contributed by atoms with E-state index in [9.17, 15) is 9.59 Å². The van der Waals surface area contributed by atoms with Crippen LogP contribution in [0.4, 0.5) is 0 Å². The van der Waals surface area contributed by atoms with Gasteiger partial charge in [-0.05, 0) is 59.1 Å². The molecule has 0 saturated carbocycles. The van der Waals surface area contributed by atoms with Crippen LogP contribution in [0.15, 0.2) is 77.3 Å². The fraction of sp³-hybridized carbons (Fsp3) is 0.259. The third-order valence-electron chi connectivity index (χ3n) is 5.34. The number of nitrogens with zero attached hydrogens (tertiary/aromatic N) is 1. The van der Waals surface area contributed by atoms with Crippen LogP contribution in [-0.2, 0) is 22.6 Å². The molecule has 34 heavy (non-hydrogen) atoms. The van der Waals surface area contributed by atoms with Crippen molar-refractivity contribution in [3.05, 3.63) is 99.0 Å². The number of hydrogen-bond acceptors (Lipinski definition) is 3. The summed E-state index contributed by atoms with van der Waals surface area (Å²) in [6, 6.07) is 22.1. The number of aryl methyl sites for hydroxylation is 1. The van der Waals surface area contributed by atoms with E-state index in [0.717, 1.165) is 16.7 Å². The molecule has 2 amide bonds. The molecule has 0 bridgehead atoms. The van der Waals surface area contributed by atoms with Gasteiger partial charge in [0.2, 0.25) is 5.91 Å². The summed E-state index contributed by atoms with van der Waals surface area (Å²) in [5.41, 5.74) is 3.04. The first-order valence-corrected chi connectivity index (χ1v) is 12.3. The van der Waals surface area contributed by atoms with Gasteiger partial charge in [0, 0.05) is 24.5 Å². The fourth-order valence-corrected chi connectivity index (χ4v) is 4.35. The van der Waals surface area contributed by atoms with Crippen molar-refractivity contribution in [2.45, 2.75) is 32.9 Å². The third kappa shape index (κ3) is 7.34. The number of rotatable bonds is 10. The van der Waals surface area contributed by atoms with Gasteiger partial charge in [-0.3, -0.25) is 9.59 Å². The molecule has 3 rings (SSSR count). The lowest BCUT2D eigenvalue weighted by atomic mass is 10.0. The molecule has 0 saturated heterocycles. The maximum atomic E-state index is 13.5. The van der Waals surface area contributed by atoms with Crippen LogP contribution in [0.2, 0.25) is 5.02 Å². The fourth-order valence-electron chi connectivity index (χ4n) is 3.55. The monoisotopic (exact) mass is 542 g/mol. The molecule has 0 unspecified atom stereocenters. The number of carbonyl (C=O) groups excluding carboxylic acids is 2. The Morgan fingerprint density at radius 2 is 1.74 bits per heavy atom. The second-order valence-electron chi connectivity index (χ2n) is 7.97. The molecule has 5 nitrogen and oxygen atoms in total. The van der Waals surface area contributed by atoms with Crippen LogP contribution < -0.4 is 10.1 Å². The van der Waals surface area contributed by atoms with Gasteiger partial charge in [0.1, 0.15) is 11.8 Å². The molecule has 3 aromatic carbocycles. The van der Waals surface area contributed by atoms with Gasteiger partial charge < -0.3 is 15.0 Å². The molecule has 3 aromatic rings. The van der Waals surface area contributed by atoms with Gasteiger partial charge in [0.15, 0.2) is 6.61 Å². The number of ether oxygens (including phenoxy) is 1. The molecule has 0 aromatic heterocycles. The molecule has 0 heterocycles. The quantitative estimate of drug-likeness (QED) is 0.364. The first-order chi connectivity index (χ1) is 16.4. The van der Waals surface area contributed by atoms with Crippen LogP contribution in [0.1, 0.15) is 23.6 Å². The molecule has 0 spiro atoms. The van der Waals surface area contributed by atoms with Crippen molar-refractivity contribution in [1.82, 2.24) is 10.2 Å². The Labute approximate surface area is 214 Å². The van der Waals surface area contributed by atoms with E-state index in [0.29, 0.717) is 34.8 Å². The molecule has 7 heteroatoms. The van der Waals surface area contributed by atoms with Crippen LogP contribution in [0, 0.1) is 6.92 Å². The largest absolute Gasteiger partial charge is 0.483 e. The number of likely N-dealkylation sites (N-methyl/N-ethyl adjacent to an activating group) is 1. The van der Waals surface area contributed by atoms with Crippen molar-refractivity contribution in [2.75, 3.05) is 13.2 Å². The van der Waals surface area contributed by atoms with E-state index in [-0.39, 0.29) is 18.4 Å². The summed E-state index contributed by atoms with van der Waals surface area (Å²) < 4.78 is 6.46. The van der Waals surface area contributed by atoms with Crippen molar-refractivity contribution < 1.29 is 14.3 Å². The van der Waals surface area contributed by atoms with Crippen molar-refractivity contribution in [2.24, 2.45) is 0 Å². The maximum Gasteiger partial charge on any atom is 0.261 e. The highest BCUT2D eigenvalue weighted by atomic mass is 79.9. The zero-order valence-corrected chi connectivity index (χ0v) is 21.6. The van der Waals surface area contributed by atoms with Crippen LogP contribution >= 0.6 is 27.5 Å². The van der Waals surface area contributed by atoms with Gasteiger partial charge in [-0.1, -0.05) is 71.8 Å². The SMILES string of the molecule is CCNC(=O)[C@H](Cc1ccccc1)N(Cc1ccc(C)cc1)C(=O)COc1ccc(Cl)cc1Br. The van der Waals surface area contributed by atoms with Crippen LogP contribution in [0.5, 0.6) is 5.75 Å². The lowest BCUT2D eigenvalue weighted by Gasteiger charge is -2.31. The predicted octanol–water partition coefficient (Wildman–Crippen LogP) is 5.57. The summed E-state index contributed by atoms with van der Waals surface area (Å²) in [6.07, 6.45) is 0.398. The molecule has 1 N–H and O–H groups in total. The smallest absolute Gasteiger partial charge is 0.261 e. The zero-order valence-electron chi connectivity index (χ0n) is 19.3. The highest BCUT2D eigenvalue weighted by Gasteiger charge is 2.30. The number of carbonyl (C=O) groups is 2. The maximum absolute atomic E-state index is 13.5. The first kappa shape index (κ1) is 25.8. The molecular weight excluding hydrogens is 516 g/mol. The van der Waals surface area contributed by atoms with Crippen molar-refractivity contribution >= 4 is 39.3 Å². The zero-order chi connectivity index (χ0) is 24.5. The number of hydrogen-bond donors (Lipinski definition) is 1. The van der Waals surface area contributed by atoms with Crippen LogP contribution in [-0.4, -0.2) is 35.9 Å². The molecular formula is C27H28BrClN2O3. The van der Waals surface area contributed by atoms with Gasteiger partial charge in [-0.25, -0.2) is 0 Å². The summed E-state index contributed by atoms with van der Waals surface area (Å²) >= 11 is 9.42. The van der Waals surface area contributed by atoms with Gasteiger partial charge in [-0.2, -0.15) is 0 Å². The van der Waals surface area contributed by atoms with E-state index < -0.39 is 6.04 Å². The van der Waals surface area contributed by atoms with E-state index in [1.165, 1.54) is 0 Å². The minimum atomic E-state index is -0.687. The summed E-state index contributed by atoms with van der Waals surface area (Å²) in [7, 11) is 0. The van der Waals surface area contributed by atoms with E-state index in [2.05, 4.69) is 21.2 Å². The average Bonchev–Trinajstić information content (AvgIpc) is 2.82. The lowest BCUT2D eigenvalue weighted by molar-refractivity contribution is -0.142. The molecule has 178 valence electrons. The lowest BCUT2D eigenvalue weighted by Crippen LogP contribution is -2.51.